The topological polar surface area (TPSA) is 77.8 Å². The van der Waals surface area contributed by atoms with E-state index in [-0.39, 0.29) is 6.42 Å². The third-order valence-corrected chi connectivity index (χ3v) is 6.00. The smallest absolute Gasteiger partial charge is 0.189 e. The van der Waals surface area contributed by atoms with Crippen molar-refractivity contribution in [3.05, 3.63) is 24.3 Å². The van der Waals surface area contributed by atoms with Crippen LogP contribution in [0.25, 0.3) is 0 Å². The van der Waals surface area contributed by atoms with Gasteiger partial charge < -0.3 is 15.3 Å². The summed E-state index contributed by atoms with van der Waals surface area (Å²) in [5, 5.41) is 29.9. The lowest BCUT2D eigenvalue weighted by Gasteiger charge is -2.35. The quantitative estimate of drug-likeness (QED) is 0.222. The first-order valence-corrected chi connectivity index (χ1v) is 12.0. The van der Waals surface area contributed by atoms with Crippen LogP contribution in [-0.4, -0.2) is 38.9 Å². The Hall–Kier alpha value is -0.970. The van der Waals surface area contributed by atoms with E-state index in [1.807, 2.05) is 0 Å². The second-order valence-corrected chi connectivity index (χ2v) is 8.62. The molecular formula is C25H44O4. The van der Waals surface area contributed by atoms with Gasteiger partial charge in [-0.3, -0.25) is 4.79 Å². The first-order valence-electron chi connectivity index (χ1n) is 12.0. The number of unbranched alkanes of at least 4 members (excludes halogenated alkanes) is 13. The SMILES string of the molecule is CCCCCCCC/C=C\CCCCCCCCC[C@]1(O)C(=O)C=C[C@H](O)[C@H]1O. The molecule has 0 unspecified atom stereocenters. The molecule has 0 spiro atoms. The molecule has 0 aromatic heterocycles. The van der Waals surface area contributed by atoms with E-state index < -0.39 is 23.6 Å². The Labute approximate surface area is 178 Å². The summed E-state index contributed by atoms with van der Waals surface area (Å²) in [6.45, 7) is 2.26. The summed E-state index contributed by atoms with van der Waals surface area (Å²) in [5.74, 6) is -0.500. The highest BCUT2D eigenvalue weighted by molar-refractivity contribution is 5.98. The molecule has 0 saturated carbocycles. The second kappa shape index (κ2) is 15.8. The summed E-state index contributed by atoms with van der Waals surface area (Å²) in [6, 6.07) is 0. The maximum atomic E-state index is 11.9. The molecule has 0 amide bonds. The Morgan fingerprint density at radius 3 is 1.86 bits per heavy atom. The van der Waals surface area contributed by atoms with Crippen LogP contribution >= 0.6 is 0 Å². The van der Waals surface area contributed by atoms with E-state index >= 15 is 0 Å². The first-order chi connectivity index (χ1) is 14.0. The molecule has 0 aromatic carbocycles. The van der Waals surface area contributed by atoms with Gasteiger partial charge in [-0.1, -0.05) is 89.7 Å². The van der Waals surface area contributed by atoms with Gasteiger partial charge in [-0.05, 0) is 44.3 Å². The molecule has 4 nitrogen and oxygen atoms in total. The maximum Gasteiger partial charge on any atom is 0.189 e. The van der Waals surface area contributed by atoms with Crippen molar-refractivity contribution in [1.82, 2.24) is 0 Å². The molecule has 1 aliphatic carbocycles. The van der Waals surface area contributed by atoms with Gasteiger partial charge in [0.1, 0.15) is 12.2 Å². The van der Waals surface area contributed by atoms with Crippen LogP contribution in [0.1, 0.15) is 110 Å². The van der Waals surface area contributed by atoms with Crippen molar-refractivity contribution in [1.29, 1.82) is 0 Å². The molecule has 29 heavy (non-hydrogen) atoms. The molecule has 0 fully saturated rings. The highest BCUT2D eigenvalue weighted by Crippen LogP contribution is 2.27. The summed E-state index contributed by atoms with van der Waals surface area (Å²) in [6.07, 6.45) is 22.9. The summed E-state index contributed by atoms with van der Waals surface area (Å²) in [5.41, 5.74) is -1.82. The van der Waals surface area contributed by atoms with E-state index in [1.54, 1.807) is 0 Å². The molecule has 1 aliphatic rings. The number of hydrogen-bond acceptors (Lipinski definition) is 4. The summed E-state index contributed by atoms with van der Waals surface area (Å²) in [4.78, 5) is 11.9. The van der Waals surface area contributed by atoms with Crippen molar-refractivity contribution in [3.63, 3.8) is 0 Å². The number of allylic oxidation sites excluding steroid dienone is 2. The lowest BCUT2D eigenvalue weighted by Crippen LogP contribution is -2.56. The standard InChI is InChI=1S/C25H44O4/c1-2-3-4-5-6-7-8-9-10-11-12-13-14-15-16-17-18-21-25(29)23(27)20-19-22(26)24(25)28/h9-10,19-20,22,24,26,28-29H,2-8,11-18,21H2,1H3/b10-9-/t22-,24+,25-/m0/s1. The van der Waals surface area contributed by atoms with Crippen molar-refractivity contribution >= 4 is 5.78 Å². The van der Waals surface area contributed by atoms with Crippen molar-refractivity contribution in [2.45, 2.75) is 127 Å². The number of carbonyl (C=O) groups excluding carboxylic acids is 1. The van der Waals surface area contributed by atoms with Crippen molar-refractivity contribution in [2.75, 3.05) is 0 Å². The van der Waals surface area contributed by atoms with Gasteiger partial charge in [0.25, 0.3) is 0 Å². The summed E-state index contributed by atoms with van der Waals surface area (Å²) < 4.78 is 0. The molecule has 1 rings (SSSR count). The van der Waals surface area contributed by atoms with Crippen LogP contribution in [0.5, 0.6) is 0 Å². The van der Waals surface area contributed by atoms with Gasteiger partial charge in [0.15, 0.2) is 11.4 Å². The number of hydrogen-bond donors (Lipinski definition) is 3. The third-order valence-electron chi connectivity index (χ3n) is 6.00. The van der Waals surface area contributed by atoms with Crippen LogP contribution in [0.2, 0.25) is 0 Å². The van der Waals surface area contributed by atoms with Crippen LogP contribution in [0.3, 0.4) is 0 Å². The van der Waals surface area contributed by atoms with Crippen LogP contribution in [0, 0.1) is 0 Å². The molecule has 168 valence electrons. The molecular weight excluding hydrogens is 364 g/mol. The van der Waals surface area contributed by atoms with Gasteiger partial charge in [0, 0.05) is 0 Å². The second-order valence-electron chi connectivity index (χ2n) is 8.62. The fourth-order valence-corrected chi connectivity index (χ4v) is 3.95. The normalized spacial score (nSPS) is 24.6. The molecule has 3 atom stereocenters. The predicted octanol–water partition coefficient (Wildman–Crippen LogP) is 5.40. The number of rotatable bonds is 17. The van der Waals surface area contributed by atoms with Crippen LogP contribution in [0.15, 0.2) is 24.3 Å². The lowest BCUT2D eigenvalue weighted by atomic mass is 9.80. The van der Waals surface area contributed by atoms with E-state index in [1.165, 1.54) is 89.2 Å². The van der Waals surface area contributed by atoms with Crippen LogP contribution in [0.4, 0.5) is 0 Å². The molecule has 0 radical (unpaired) electrons. The minimum atomic E-state index is -1.82. The van der Waals surface area contributed by atoms with Crippen molar-refractivity contribution < 1.29 is 20.1 Å². The van der Waals surface area contributed by atoms with Crippen LogP contribution in [-0.2, 0) is 4.79 Å². The molecule has 4 heteroatoms. The van der Waals surface area contributed by atoms with Gasteiger partial charge >= 0.3 is 0 Å². The highest BCUT2D eigenvalue weighted by atomic mass is 16.4. The van der Waals surface area contributed by atoms with E-state index in [0.29, 0.717) is 6.42 Å². The van der Waals surface area contributed by atoms with Crippen molar-refractivity contribution in [3.8, 4) is 0 Å². The molecule has 0 saturated heterocycles. The summed E-state index contributed by atoms with van der Waals surface area (Å²) >= 11 is 0. The first kappa shape index (κ1) is 26.1. The fraction of sp³-hybridized carbons (Fsp3) is 0.800. The van der Waals surface area contributed by atoms with E-state index in [4.69, 9.17) is 0 Å². The highest BCUT2D eigenvalue weighted by Gasteiger charge is 2.46. The third kappa shape index (κ3) is 10.6. The molecule has 0 bridgehead atoms. The zero-order valence-corrected chi connectivity index (χ0v) is 18.5. The molecule has 3 N–H and O–H groups in total. The van der Waals surface area contributed by atoms with Gasteiger partial charge in [-0.25, -0.2) is 0 Å². The Bertz CT molecular complexity index is 485. The number of carbonyl (C=O) groups is 1. The van der Waals surface area contributed by atoms with Gasteiger partial charge in [0.2, 0.25) is 0 Å². The van der Waals surface area contributed by atoms with Gasteiger partial charge in [-0.15, -0.1) is 0 Å². The number of ketones is 1. The average Bonchev–Trinajstić information content (AvgIpc) is 2.72. The van der Waals surface area contributed by atoms with E-state index in [9.17, 15) is 20.1 Å². The molecule has 0 aliphatic heterocycles. The monoisotopic (exact) mass is 408 g/mol. The zero-order chi connectivity index (χ0) is 21.4. The minimum absolute atomic E-state index is 0.206. The summed E-state index contributed by atoms with van der Waals surface area (Å²) in [7, 11) is 0. The Kier molecular flexibility index (Phi) is 14.2. The average molecular weight is 409 g/mol. The van der Waals surface area contributed by atoms with Crippen LogP contribution < -0.4 is 0 Å². The minimum Gasteiger partial charge on any atom is -0.387 e. The maximum absolute atomic E-state index is 11.9. The Balaban J connectivity index is 1.92. The zero-order valence-electron chi connectivity index (χ0n) is 18.5. The van der Waals surface area contributed by atoms with Gasteiger partial charge in [0.05, 0.1) is 0 Å². The largest absolute Gasteiger partial charge is 0.387 e. The Morgan fingerprint density at radius 1 is 0.828 bits per heavy atom. The van der Waals surface area contributed by atoms with Crippen molar-refractivity contribution in [2.24, 2.45) is 0 Å². The number of aliphatic hydroxyl groups is 3. The lowest BCUT2D eigenvalue weighted by molar-refractivity contribution is -0.158. The van der Waals surface area contributed by atoms with E-state index in [0.717, 1.165) is 12.8 Å². The molecule has 0 heterocycles. The fourth-order valence-electron chi connectivity index (χ4n) is 3.95. The van der Waals surface area contributed by atoms with E-state index in [2.05, 4.69) is 19.1 Å². The molecule has 0 aromatic rings. The number of aliphatic hydroxyl groups excluding tert-OH is 2. The predicted molar refractivity (Wildman–Crippen MR) is 120 cm³/mol. The Morgan fingerprint density at radius 2 is 1.31 bits per heavy atom. The van der Waals surface area contributed by atoms with Gasteiger partial charge in [-0.2, -0.15) is 0 Å².